The quantitative estimate of drug-likeness (QED) is 0.0261. The minimum absolute atomic E-state index is 0.110. The molecule has 1 unspecified atom stereocenters. The topological polar surface area (TPSA) is 78.9 Å². The summed E-state index contributed by atoms with van der Waals surface area (Å²) < 4.78 is 16.9. The SMILES string of the molecule is CC/C=C\C/C=C\C/C=C\C/C=C\C/C=C\C/C=C\CCCCC(=O)OC(COC(=O)CCCCCCC/C=C\C/C=C\CCCC)COC(=O)CCCCCCCCCCC/C=C\C/C=C\C/C=C\C/C=C\C/C=C\CC. The van der Waals surface area contributed by atoms with E-state index in [-0.39, 0.29) is 37.5 Å². The molecule has 6 heteroatoms. The van der Waals surface area contributed by atoms with Gasteiger partial charge in [0.2, 0.25) is 0 Å². The van der Waals surface area contributed by atoms with Crippen LogP contribution < -0.4 is 0 Å². The molecule has 6 nitrogen and oxygen atoms in total. The number of unbranched alkanes of at least 4 members (excludes halogenated alkanes) is 18. The summed E-state index contributed by atoms with van der Waals surface area (Å²) >= 11 is 0. The van der Waals surface area contributed by atoms with Crippen LogP contribution in [0.4, 0.5) is 0 Å². The molecule has 0 aliphatic rings. The molecule has 0 rings (SSSR count). The summed E-state index contributed by atoms with van der Waals surface area (Å²) in [6.45, 7) is 6.31. The van der Waals surface area contributed by atoms with Crippen LogP contribution in [0, 0.1) is 0 Å². The monoisotopic (exact) mass is 1070 g/mol. The van der Waals surface area contributed by atoms with E-state index < -0.39 is 6.10 Å². The number of hydrogen-bond acceptors (Lipinski definition) is 6. The van der Waals surface area contributed by atoms with Crippen LogP contribution in [0.15, 0.2) is 158 Å². The standard InChI is InChI=1S/C72H114O6/c1-4-7-10-13-16-19-22-25-28-30-32-34-35-36-37-39-40-42-44-47-50-53-56-59-62-65-71(74)77-68-69(67-76-70(73)64-61-58-55-52-49-46-27-24-21-18-15-12-9-6-3)78-72(75)66-63-60-57-54-51-48-45-43-41-38-33-31-29-26-23-20-17-14-11-8-5-2/h7-8,10-11,15-20,24-29,32-34,36-38,43,45,51,54,69H,4-6,9,12-14,21-23,30-31,35,39-42,44,46-50,52-53,55-68H2,1-3H3/b10-7-,11-8-,18-15-,19-16-,20-17-,27-24-,28-25-,29-26-,34-32-,37-36-,38-33-,45-43-,54-51-. The smallest absolute Gasteiger partial charge is 0.306 e. The van der Waals surface area contributed by atoms with E-state index in [4.69, 9.17) is 14.2 Å². The van der Waals surface area contributed by atoms with Gasteiger partial charge in [-0.05, 0) is 141 Å². The van der Waals surface area contributed by atoms with Crippen molar-refractivity contribution in [2.75, 3.05) is 13.2 Å². The molecule has 438 valence electrons. The van der Waals surface area contributed by atoms with Gasteiger partial charge >= 0.3 is 17.9 Å². The summed E-state index contributed by atoms with van der Waals surface area (Å²) in [5, 5.41) is 0. The maximum absolute atomic E-state index is 12.9. The molecule has 0 bridgehead atoms. The van der Waals surface area contributed by atoms with Crippen LogP contribution in [0.1, 0.15) is 258 Å². The summed E-state index contributed by atoms with van der Waals surface area (Å²) in [5.74, 6) is -0.977. The Morgan fingerprint density at radius 3 is 0.808 bits per heavy atom. The molecule has 0 spiro atoms. The van der Waals surface area contributed by atoms with E-state index in [0.29, 0.717) is 19.3 Å². The van der Waals surface area contributed by atoms with Crippen molar-refractivity contribution in [3.8, 4) is 0 Å². The average molecular weight is 1080 g/mol. The van der Waals surface area contributed by atoms with Gasteiger partial charge in [-0.3, -0.25) is 14.4 Å². The largest absolute Gasteiger partial charge is 0.462 e. The summed E-state index contributed by atoms with van der Waals surface area (Å²) in [6.07, 6.45) is 93.8. The van der Waals surface area contributed by atoms with Crippen LogP contribution >= 0.6 is 0 Å². The van der Waals surface area contributed by atoms with Crippen LogP contribution in [0.25, 0.3) is 0 Å². The zero-order valence-electron chi connectivity index (χ0n) is 50.1. The number of ether oxygens (including phenoxy) is 3. The Balaban J connectivity index is 4.47. The van der Waals surface area contributed by atoms with Gasteiger partial charge in [-0.15, -0.1) is 0 Å². The second kappa shape index (κ2) is 64.6. The van der Waals surface area contributed by atoms with Crippen molar-refractivity contribution in [1.29, 1.82) is 0 Å². The molecule has 0 radical (unpaired) electrons. The zero-order valence-corrected chi connectivity index (χ0v) is 50.1. The Morgan fingerprint density at radius 2 is 0.500 bits per heavy atom. The van der Waals surface area contributed by atoms with Crippen molar-refractivity contribution in [1.82, 2.24) is 0 Å². The molecule has 0 aromatic carbocycles. The highest BCUT2D eigenvalue weighted by Gasteiger charge is 2.19. The second-order valence-electron chi connectivity index (χ2n) is 20.2. The zero-order chi connectivity index (χ0) is 56.4. The van der Waals surface area contributed by atoms with Gasteiger partial charge in [0, 0.05) is 19.3 Å². The predicted octanol–water partition coefficient (Wildman–Crippen LogP) is 21.7. The number of allylic oxidation sites excluding steroid dienone is 26. The van der Waals surface area contributed by atoms with E-state index in [1.807, 2.05) is 0 Å². The lowest BCUT2D eigenvalue weighted by Gasteiger charge is -2.18. The maximum Gasteiger partial charge on any atom is 0.306 e. The Bertz CT molecular complexity index is 1760. The number of carbonyl (C=O) groups excluding carboxylic acids is 3. The molecule has 0 aliphatic heterocycles. The van der Waals surface area contributed by atoms with Crippen molar-refractivity contribution in [2.24, 2.45) is 0 Å². The molecule has 0 amide bonds. The van der Waals surface area contributed by atoms with E-state index in [9.17, 15) is 14.4 Å². The summed E-state index contributed by atoms with van der Waals surface area (Å²) in [4.78, 5) is 38.3. The van der Waals surface area contributed by atoms with Gasteiger partial charge in [-0.2, -0.15) is 0 Å². The van der Waals surface area contributed by atoms with Gasteiger partial charge in [0.25, 0.3) is 0 Å². The first-order valence-corrected chi connectivity index (χ1v) is 31.5. The first-order valence-electron chi connectivity index (χ1n) is 31.5. The van der Waals surface area contributed by atoms with E-state index in [1.165, 1.54) is 57.8 Å². The fraction of sp³-hybridized carbons (Fsp3) is 0.597. The van der Waals surface area contributed by atoms with E-state index in [1.54, 1.807) is 0 Å². The van der Waals surface area contributed by atoms with E-state index >= 15 is 0 Å². The lowest BCUT2D eigenvalue weighted by molar-refractivity contribution is -0.167. The third-order valence-corrected chi connectivity index (χ3v) is 12.7. The molecule has 0 fully saturated rings. The van der Waals surface area contributed by atoms with Crippen LogP contribution in [0.2, 0.25) is 0 Å². The molecule has 0 heterocycles. The summed E-state index contributed by atoms with van der Waals surface area (Å²) in [7, 11) is 0. The molecule has 0 saturated carbocycles. The van der Waals surface area contributed by atoms with Crippen LogP contribution in [-0.4, -0.2) is 37.2 Å². The third-order valence-electron chi connectivity index (χ3n) is 12.7. The number of rotatable bonds is 55. The lowest BCUT2D eigenvalue weighted by atomic mass is 10.1. The molecular formula is C72H114O6. The first kappa shape index (κ1) is 73.0. The highest BCUT2D eigenvalue weighted by Crippen LogP contribution is 2.14. The number of esters is 3. The van der Waals surface area contributed by atoms with Crippen LogP contribution in [-0.2, 0) is 28.6 Å². The van der Waals surface area contributed by atoms with Gasteiger partial charge in [0.1, 0.15) is 13.2 Å². The molecule has 0 N–H and O–H groups in total. The number of hydrogen-bond donors (Lipinski definition) is 0. The molecule has 0 aromatic heterocycles. The van der Waals surface area contributed by atoms with Gasteiger partial charge < -0.3 is 14.2 Å². The molecule has 78 heavy (non-hydrogen) atoms. The molecule has 0 saturated heterocycles. The Morgan fingerprint density at radius 1 is 0.269 bits per heavy atom. The highest BCUT2D eigenvalue weighted by atomic mass is 16.6. The highest BCUT2D eigenvalue weighted by molar-refractivity contribution is 5.71. The number of carbonyl (C=O) groups is 3. The molecule has 0 aromatic rings. The third kappa shape index (κ3) is 61.9. The summed E-state index contributed by atoms with van der Waals surface area (Å²) in [5.41, 5.74) is 0. The van der Waals surface area contributed by atoms with Crippen molar-refractivity contribution in [3.05, 3.63) is 158 Å². The Kier molecular flexibility index (Phi) is 60.4. The van der Waals surface area contributed by atoms with Gasteiger partial charge in [0.05, 0.1) is 0 Å². The fourth-order valence-corrected chi connectivity index (χ4v) is 8.08. The van der Waals surface area contributed by atoms with E-state index in [2.05, 4.69) is 179 Å². The Labute approximate surface area is 480 Å². The maximum atomic E-state index is 12.9. The van der Waals surface area contributed by atoms with E-state index in [0.717, 1.165) is 154 Å². The molecular weight excluding hydrogens is 961 g/mol. The van der Waals surface area contributed by atoms with Crippen molar-refractivity contribution < 1.29 is 28.6 Å². The summed E-state index contributed by atoms with van der Waals surface area (Å²) in [6, 6.07) is 0. The average Bonchev–Trinajstić information content (AvgIpc) is 3.44. The predicted molar refractivity (Wildman–Crippen MR) is 338 cm³/mol. The van der Waals surface area contributed by atoms with Crippen molar-refractivity contribution >= 4 is 17.9 Å². The van der Waals surface area contributed by atoms with Crippen LogP contribution in [0.3, 0.4) is 0 Å². The van der Waals surface area contributed by atoms with Crippen LogP contribution in [0.5, 0.6) is 0 Å². The van der Waals surface area contributed by atoms with Crippen molar-refractivity contribution in [3.63, 3.8) is 0 Å². The van der Waals surface area contributed by atoms with Crippen molar-refractivity contribution in [2.45, 2.75) is 264 Å². The molecule has 1 atom stereocenters. The van der Waals surface area contributed by atoms with Gasteiger partial charge in [-0.25, -0.2) is 0 Å². The van der Waals surface area contributed by atoms with Gasteiger partial charge in [0.15, 0.2) is 6.10 Å². The minimum atomic E-state index is -0.819. The first-order chi connectivity index (χ1) is 38.5. The molecule has 0 aliphatic carbocycles. The second-order valence-corrected chi connectivity index (χ2v) is 20.2. The normalized spacial score (nSPS) is 13.2. The minimum Gasteiger partial charge on any atom is -0.462 e. The lowest BCUT2D eigenvalue weighted by Crippen LogP contribution is -2.30. The van der Waals surface area contributed by atoms with Gasteiger partial charge in [-0.1, -0.05) is 256 Å². The fourth-order valence-electron chi connectivity index (χ4n) is 8.08. The Hall–Kier alpha value is -4.97.